The molecule has 1 aromatic carbocycles. The van der Waals surface area contributed by atoms with Crippen molar-refractivity contribution in [2.24, 2.45) is 4.99 Å². The molecule has 1 aromatic heterocycles. The van der Waals surface area contributed by atoms with E-state index >= 15 is 0 Å². The Balaban J connectivity index is 1.87. The van der Waals surface area contributed by atoms with Crippen molar-refractivity contribution in [2.45, 2.75) is 17.7 Å². The monoisotopic (exact) mass is 306 g/mol. The summed E-state index contributed by atoms with van der Waals surface area (Å²) in [5, 5.41) is 4.13. The van der Waals surface area contributed by atoms with Crippen molar-refractivity contribution in [1.29, 1.82) is 0 Å². The lowest BCUT2D eigenvalue weighted by Crippen LogP contribution is -2.22. The Hall–Kier alpha value is -1.66. The second-order valence-corrected chi connectivity index (χ2v) is 7.18. The number of hydrogen-bond donors (Lipinski definition) is 1. The summed E-state index contributed by atoms with van der Waals surface area (Å²) in [5.74, 6) is 0.716. The minimum atomic E-state index is -3.44. The molecule has 0 spiro atoms. The molecule has 0 saturated carbocycles. The summed E-state index contributed by atoms with van der Waals surface area (Å²) < 4.78 is 26.4. The number of thiophene rings is 1. The van der Waals surface area contributed by atoms with Gasteiger partial charge < -0.3 is 0 Å². The van der Waals surface area contributed by atoms with E-state index in [1.165, 1.54) is 5.56 Å². The van der Waals surface area contributed by atoms with E-state index in [1.807, 2.05) is 11.4 Å². The van der Waals surface area contributed by atoms with Crippen LogP contribution in [0.15, 0.2) is 51.0 Å². The van der Waals surface area contributed by atoms with Gasteiger partial charge in [-0.3, -0.25) is 9.71 Å². The Bertz CT molecular complexity index is 749. The highest BCUT2D eigenvalue weighted by atomic mass is 32.2. The summed E-state index contributed by atoms with van der Waals surface area (Å²) in [4.78, 5) is 4.75. The maximum absolute atomic E-state index is 11.9. The number of aliphatic imine (C=N–C) groups is 1. The van der Waals surface area contributed by atoms with Crippen LogP contribution in [-0.2, 0) is 10.0 Å². The molecule has 4 nitrogen and oxygen atoms in total. The number of rotatable bonds is 3. The van der Waals surface area contributed by atoms with Crippen molar-refractivity contribution >= 4 is 27.2 Å². The predicted molar refractivity (Wildman–Crippen MR) is 80.9 cm³/mol. The summed E-state index contributed by atoms with van der Waals surface area (Å²) in [6.07, 6.45) is 0. The third-order valence-corrected chi connectivity index (χ3v) is 5.40. The van der Waals surface area contributed by atoms with Crippen molar-refractivity contribution in [3.8, 4) is 0 Å². The van der Waals surface area contributed by atoms with Gasteiger partial charge in [0.2, 0.25) is 0 Å². The molecule has 1 unspecified atom stereocenters. The molecule has 0 fully saturated rings. The zero-order valence-corrected chi connectivity index (χ0v) is 12.5. The van der Waals surface area contributed by atoms with Crippen molar-refractivity contribution in [2.75, 3.05) is 6.54 Å². The molecule has 1 aliphatic rings. The zero-order chi connectivity index (χ0) is 14.2. The average molecular weight is 306 g/mol. The Morgan fingerprint density at radius 1 is 1.30 bits per heavy atom. The van der Waals surface area contributed by atoms with E-state index in [2.05, 4.69) is 28.1 Å². The molecule has 1 atom stereocenters. The summed E-state index contributed by atoms with van der Waals surface area (Å²) >= 11 is 1.65. The molecule has 0 saturated heterocycles. The Kier molecular flexibility index (Phi) is 3.35. The van der Waals surface area contributed by atoms with Gasteiger partial charge in [0.25, 0.3) is 10.0 Å². The highest BCUT2D eigenvalue weighted by molar-refractivity contribution is 7.90. The molecule has 0 radical (unpaired) electrons. The first-order valence-corrected chi connectivity index (χ1v) is 8.69. The molecule has 2 aromatic rings. The number of amidine groups is 1. The van der Waals surface area contributed by atoms with Crippen LogP contribution in [0.3, 0.4) is 0 Å². The third-order valence-electron chi connectivity index (χ3n) is 3.30. The minimum Gasteiger partial charge on any atom is -0.267 e. The van der Waals surface area contributed by atoms with E-state index in [0.29, 0.717) is 22.8 Å². The van der Waals surface area contributed by atoms with Crippen LogP contribution in [0, 0.1) is 0 Å². The summed E-state index contributed by atoms with van der Waals surface area (Å²) in [6.45, 7) is 2.64. The van der Waals surface area contributed by atoms with Gasteiger partial charge in [0.05, 0.1) is 4.90 Å². The Labute approximate surface area is 122 Å². The van der Waals surface area contributed by atoms with Crippen molar-refractivity contribution < 1.29 is 8.42 Å². The molecule has 2 heterocycles. The first kappa shape index (κ1) is 13.3. The van der Waals surface area contributed by atoms with E-state index in [0.717, 1.165) is 0 Å². The fourth-order valence-corrected chi connectivity index (χ4v) is 4.17. The molecule has 20 heavy (non-hydrogen) atoms. The van der Waals surface area contributed by atoms with Crippen LogP contribution >= 0.6 is 11.3 Å². The maximum Gasteiger partial charge on any atom is 0.263 e. The molecule has 6 heteroatoms. The second-order valence-electron chi connectivity index (χ2n) is 4.75. The molecule has 1 aliphatic heterocycles. The van der Waals surface area contributed by atoms with Crippen molar-refractivity contribution in [1.82, 2.24) is 4.72 Å². The third kappa shape index (κ3) is 2.36. The lowest BCUT2D eigenvalue weighted by molar-refractivity contribution is 0.595. The van der Waals surface area contributed by atoms with Crippen molar-refractivity contribution in [3.05, 3.63) is 52.2 Å². The number of nitrogens with one attached hydrogen (secondary N) is 1. The van der Waals surface area contributed by atoms with Gasteiger partial charge in [-0.15, -0.1) is 0 Å². The number of hydrogen-bond acceptors (Lipinski definition) is 4. The summed E-state index contributed by atoms with van der Waals surface area (Å²) in [7, 11) is -3.44. The maximum atomic E-state index is 11.9. The minimum absolute atomic E-state index is 0.269. The predicted octanol–water partition coefficient (Wildman–Crippen LogP) is 2.59. The highest BCUT2D eigenvalue weighted by Crippen LogP contribution is 2.23. The van der Waals surface area contributed by atoms with Crippen LogP contribution in [-0.4, -0.2) is 20.8 Å². The van der Waals surface area contributed by atoms with Crippen LogP contribution in [0.25, 0.3) is 0 Å². The second kappa shape index (κ2) is 5.03. The number of nitrogens with zero attached hydrogens (tertiary/aromatic N) is 1. The lowest BCUT2D eigenvalue weighted by Gasteiger charge is -2.06. The number of sulfonamides is 1. The highest BCUT2D eigenvalue weighted by Gasteiger charge is 2.30. The molecule has 1 N–H and O–H groups in total. The Morgan fingerprint density at radius 3 is 2.85 bits per heavy atom. The van der Waals surface area contributed by atoms with Crippen LogP contribution in [0.4, 0.5) is 0 Å². The molecular weight excluding hydrogens is 292 g/mol. The first-order chi connectivity index (χ1) is 9.58. The number of fused-ring (bicyclic) bond motifs is 1. The van der Waals surface area contributed by atoms with Gasteiger partial charge in [0, 0.05) is 18.0 Å². The molecule has 0 amide bonds. The molecular formula is C14H14N2O2S2. The molecule has 0 bridgehead atoms. The van der Waals surface area contributed by atoms with Gasteiger partial charge >= 0.3 is 0 Å². The van der Waals surface area contributed by atoms with Crippen molar-refractivity contribution in [3.63, 3.8) is 0 Å². The topological polar surface area (TPSA) is 58.5 Å². The number of benzene rings is 1. The van der Waals surface area contributed by atoms with E-state index in [-0.39, 0.29) is 5.92 Å². The van der Waals surface area contributed by atoms with Gasteiger partial charge in [-0.1, -0.05) is 19.1 Å². The SMILES string of the molecule is CC(CN=C1NS(=O)(=O)c2ccccc21)c1ccsc1. The quantitative estimate of drug-likeness (QED) is 0.947. The molecule has 3 rings (SSSR count). The smallest absolute Gasteiger partial charge is 0.263 e. The van der Waals surface area contributed by atoms with E-state index < -0.39 is 10.0 Å². The van der Waals surface area contributed by atoms with Gasteiger partial charge in [-0.05, 0) is 34.5 Å². The standard InChI is InChI=1S/C14H14N2O2S2/c1-10(11-6-7-19-9-11)8-15-14-12-4-2-3-5-13(12)20(17,18)16-14/h2-7,9-10H,8H2,1H3,(H,15,16). The Morgan fingerprint density at radius 2 is 2.10 bits per heavy atom. The van der Waals surface area contributed by atoms with Crippen LogP contribution < -0.4 is 4.72 Å². The fourth-order valence-electron chi connectivity index (χ4n) is 2.14. The van der Waals surface area contributed by atoms with Gasteiger partial charge in [0.15, 0.2) is 0 Å². The van der Waals surface area contributed by atoms with E-state index in [4.69, 9.17) is 0 Å². The zero-order valence-electron chi connectivity index (χ0n) is 10.9. The summed E-state index contributed by atoms with van der Waals surface area (Å²) in [6, 6.07) is 8.99. The lowest BCUT2D eigenvalue weighted by atomic mass is 10.1. The average Bonchev–Trinajstić information content (AvgIpc) is 3.04. The van der Waals surface area contributed by atoms with E-state index in [1.54, 1.807) is 29.5 Å². The normalized spacial score (nSPS) is 19.6. The van der Waals surface area contributed by atoms with Crippen LogP contribution in [0.5, 0.6) is 0 Å². The largest absolute Gasteiger partial charge is 0.267 e. The van der Waals surface area contributed by atoms with Gasteiger partial charge in [0.1, 0.15) is 5.84 Å². The van der Waals surface area contributed by atoms with Gasteiger partial charge in [-0.2, -0.15) is 11.3 Å². The molecule has 0 aliphatic carbocycles. The van der Waals surface area contributed by atoms with Crippen LogP contribution in [0.2, 0.25) is 0 Å². The fraction of sp³-hybridized carbons (Fsp3) is 0.214. The van der Waals surface area contributed by atoms with Crippen LogP contribution in [0.1, 0.15) is 24.0 Å². The van der Waals surface area contributed by atoms with E-state index in [9.17, 15) is 8.42 Å². The summed E-state index contributed by atoms with van der Waals surface area (Å²) in [5.41, 5.74) is 1.89. The van der Waals surface area contributed by atoms with Gasteiger partial charge in [-0.25, -0.2) is 8.42 Å². The first-order valence-electron chi connectivity index (χ1n) is 6.27. The molecule has 104 valence electrons.